The zero-order chi connectivity index (χ0) is 12.1. The van der Waals surface area contributed by atoms with Crippen molar-refractivity contribution in [3.63, 3.8) is 0 Å². The van der Waals surface area contributed by atoms with Crippen molar-refractivity contribution in [2.75, 3.05) is 20.3 Å². The van der Waals surface area contributed by atoms with Crippen molar-refractivity contribution in [1.82, 2.24) is 15.6 Å². The van der Waals surface area contributed by atoms with Gasteiger partial charge in [0.15, 0.2) is 0 Å². The van der Waals surface area contributed by atoms with Crippen molar-refractivity contribution >= 4 is 0 Å². The van der Waals surface area contributed by atoms with E-state index >= 15 is 0 Å². The highest BCUT2D eigenvalue weighted by molar-refractivity contribution is 5.14. The van der Waals surface area contributed by atoms with Crippen molar-refractivity contribution in [1.29, 1.82) is 0 Å². The van der Waals surface area contributed by atoms with Crippen LogP contribution in [0.15, 0.2) is 12.1 Å². The Morgan fingerprint density at radius 1 is 1.41 bits per heavy atom. The highest BCUT2D eigenvalue weighted by atomic mass is 16.5. The molecule has 1 atom stereocenters. The van der Waals surface area contributed by atoms with Crippen LogP contribution in [0.1, 0.15) is 24.6 Å². The number of nitrogens with zero attached hydrogens (tertiary/aromatic N) is 2. The quantitative estimate of drug-likeness (QED) is 0.584. The van der Waals surface area contributed by atoms with Gasteiger partial charge in [0.25, 0.3) is 0 Å². The van der Waals surface area contributed by atoms with Crippen LogP contribution in [0.25, 0.3) is 0 Å². The molecule has 3 N–H and O–H groups in total. The smallest absolute Gasteiger partial charge is 0.233 e. The van der Waals surface area contributed by atoms with E-state index in [9.17, 15) is 0 Å². The standard InChI is InChI=1S/C11H18N4O2/c1-16-10-3-2-9(14-15-10)11(13-12)8-4-6-17-7-5-8/h2-3,8,11,13H,4-7,12H2,1H3. The van der Waals surface area contributed by atoms with E-state index in [-0.39, 0.29) is 6.04 Å². The van der Waals surface area contributed by atoms with Gasteiger partial charge in [-0.2, -0.15) is 5.10 Å². The van der Waals surface area contributed by atoms with Gasteiger partial charge in [-0.05, 0) is 24.8 Å². The Morgan fingerprint density at radius 3 is 2.71 bits per heavy atom. The maximum Gasteiger partial charge on any atom is 0.233 e. The average molecular weight is 238 g/mol. The summed E-state index contributed by atoms with van der Waals surface area (Å²) >= 11 is 0. The molecule has 1 aliphatic rings. The van der Waals surface area contributed by atoms with E-state index in [0.29, 0.717) is 11.8 Å². The second kappa shape index (κ2) is 5.90. The lowest BCUT2D eigenvalue weighted by molar-refractivity contribution is 0.0529. The summed E-state index contributed by atoms with van der Waals surface area (Å²) in [7, 11) is 1.57. The molecule has 2 rings (SSSR count). The maximum absolute atomic E-state index is 5.62. The van der Waals surface area contributed by atoms with Gasteiger partial charge in [0.05, 0.1) is 18.8 Å². The molecule has 0 radical (unpaired) electrons. The number of hydrogen-bond acceptors (Lipinski definition) is 6. The molecule has 0 bridgehead atoms. The van der Waals surface area contributed by atoms with E-state index in [4.69, 9.17) is 15.3 Å². The van der Waals surface area contributed by atoms with Gasteiger partial charge in [0, 0.05) is 19.3 Å². The Balaban J connectivity index is 2.10. The monoisotopic (exact) mass is 238 g/mol. The first-order chi connectivity index (χ1) is 8.35. The van der Waals surface area contributed by atoms with Crippen molar-refractivity contribution in [2.24, 2.45) is 11.8 Å². The summed E-state index contributed by atoms with van der Waals surface area (Å²) in [6.07, 6.45) is 1.98. The number of nitrogens with one attached hydrogen (secondary N) is 1. The number of aromatic nitrogens is 2. The highest BCUT2D eigenvalue weighted by Gasteiger charge is 2.25. The van der Waals surface area contributed by atoms with Gasteiger partial charge in [0.2, 0.25) is 5.88 Å². The molecule has 0 saturated carbocycles. The SMILES string of the molecule is COc1ccc(C(NN)C2CCOCC2)nn1. The third-order valence-electron chi connectivity index (χ3n) is 3.11. The van der Waals surface area contributed by atoms with E-state index in [1.54, 1.807) is 13.2 Å². The van der Waals surface area contributed by atoms with E-state index in [2.05, 4.69) is 15.6 Å². The fraction of sp³-hybridized carbons (Fsp3) is 0.636. The minimum atomic E-state index is 0.0253. The molecule has 1 aromatic rings. The Morgan fingerprint density at radius 2 is 2.18 bits per heavy atom. The molecule has 6 nitrogen and oxygen atoms in total. The molecule has 1 aliphatic heterocycles. The van der Waals surface area contributed by atoms with Crippen LogP contribution in [0, 0.1) is 5.92 Å². The summed E-state index contributed by atoms with van der Waals surface area (Å²) in [5.41, 5.74) is 3.67. The normalized spacial score (nSPS) is 18.9. The van der Waals surface area contributed by atoms with Crippen LogP contribution >= 0.6 is 0 Å². The molecule has 0 amide bonds. The number of ether oxygens (including phenoxy) is 2. The van der Waals surface area contributed by atoms with Gasteiger partial charge in [-0.3, -0.25) is 11.3 Å². The van der Waals surface area contributed by atoms with Crippen LogP contribution in [-0.4, -0.2) is 30.5 Å². The lowest BCUT2D eigenvalue weighted by Gasteiger charge is -2.29. The third kappa shape index (κ3) is 2.91. The zero-order valence-electron chi connectivity index (χ0n) is 9.93. The van der Waals surface area contributed by atoms with Gasteiger partial charge in [-0.1, -0.05) is 0 Å². The van der Waals surface area contributed by atoms with E-state index in [1.807, 2.05) is 6.07 Å². The fourth-order valence-corrected chi connectivity index (χ4v) is 2.12. The second-order valence-electron chi connectivity index (χ2n) is 4.09. The fourth-order valence-electron chi connectivity index (χ4n) is 2.12. The van der Waals surface area contributed by atoms with Crippen molar-refractivity contribution < 1.29 is 9.47 Å². The Hall–Kier alpha value is -1.24. The molecule has 0 spiro atoms. The van der Waals surface area contributed by atoms with Crippen LogP contribution in [0.3, 0.4) is 0 Å². The minimum Gasteiger partial charge on any atom is -0.480 e. The maximum atomic E-state index is 5.62. The van der Waals surface area contributed by atoms with Gasteiger partial charge < -0.3 is 9.47 Å². The summed E-state index contributed by atoms with van der Waals surface area (Å²) in [5, 5.41) is 8.10. The molecule has 17 heavy (non-hydrogen) atoms. The molecule has 1 saturated heterocycles. The Labute approximate surface area is 100 Å². The predicted molar refractivity (Wildman–Crippen MR) is 62.2 cm³/mol. The summed E-state index contributed by atoms with van der Waals surface area (Å²) < 4.78 is 10.3. The number of hydrogen-bond donors (Lipinski definition) is 2. The second-order valence-corrected chi connectivity index (χ2v) is 4.09. The zero-order valence-corrected chi connectivity index (χ0v) is 9.93. The van der Waals surface area contributed by atoms with Gasteiger partial charge in [-0.15, -0.1) is 5.10 Å². The van der Waals surface area contributed by atoms with Crippen LogP contribution < -0.4 is 16.0 Å². The average Bonchev–Trinajstić information content (AvgIpc) is 2.42. The predicted octanol–water partition coefficient (Wildman–Crippen LogP) is 0.416. The molecular formula is C11H18N4O2. The molecule has 6 heteroatoms. The summed E-state index contributed by atoms with van der Waals surface area (Å²) in [5.74, 6) is 6.57. The first-order valence-corrected chi connectivity index (χ1v) is 5.76. The molecule has 1 unspecified atom stereocenters. The van der Waals surface area contributed by atoms with Gasteiger partial charge in [-0.25, -0.2) is 0 Å². The van der Waals surface area contributed by atoms with Crippen molar-refractivity contribution in [3.05, 3.63) is 17.8 Å². The number of methoxy groups -OCH3 is 1. The lowest BCUT2D eigenvalue weighted by atomic mass is 9.90. The molecule has 94 valence electrons. The first kappa shape index (κ1) is 12.2. The van der Waals surface area contributed by atoms with Crippen molar-refractivity contribution in [2.45, 2.75) is 18.9 Å². The van der Waals surface area contributed by atoms with Crippen LogP contribution in [0.5, 0.6) is 5.88 Å². The molecule has 2 heterocycles. The van der Waals surface area contributed by atoms with E-state index in [0.717, 1.165) is 31.7 Å². The van der Waals surface area contributed by atoms with E-state index < -0.39 is 0 Å². The molecule has 0 aromatic carbocycles. The number of rotatable bonds is 4. The van der Waals surface area contributed by atoms with Crippen LogP contribution in [0.4, 0.5) is 0 Å². The summed E-state index contributed by atoms with van der Waals surface area (Å²) in [6.45, 7) is 1.57. The Kier molecular flexibility index (Phi) is 4.24. The molecular weight excluding hydrogens is 220 g/mol. The third-order valence-corrected chi connectivity index (χ3v) is 3.11. The van der Waals surface area contributed by atoms with Crippen LogP contribution in [-0.2, 0) is 4.74 Å². The van der Waals surface area contributed by atoms with Gasteiger partial charge in [0.1, 0.15) is 0 Å². The lowest BCUT2D eigenvalue weighted by Crippen LogP contribution is -2.36. The van der Waals surface area contributed by atoms with E-state index in [1.165, 1.54) is 0 Å². The van der Waals surface area contributed by atoms with Crippen molar-refractivity contribution in [3.8, 4) is 5.88 Å². The minimum absolute atomic E-state index is 0.0253. The topological polar surface area (TPSA) is 82.3 Å². The Bertz CT molecular complexity index is 338. The number of nitrogens with two attached hydrogens (primary N) is 1. The largest absolute Gasteiger partial charge is 0.480 e. The summed E-state index contributed by atoms with van der Waals surface area (Å²) in [6, 6.07) is 3.72. The highest BCUT2D eigenvalue weighted by Crippen LogP contribution is 2.28. The molecule has 1 aromatic heterocycles. The molecule has 1 fully saturated rings. The van der Waals surface area contributed by atoms with Crippen LogP contribution in [0.2, 0.25) is 0 Å². The number of hydrazine groups is 1. The van der Waals surface area contributed by atoms with Gasteiger partial charge >= 0.3 is 0 Å². The summed E-state index contributed by atoms with van der Waals surface area (Å²) in [4.78, 5) is 0. The first-order valence-electron chi connectivity index (χ1n) is 5.76. The molecule has 0 aliphatic carbocycles.